The molecule has 0 unspecified atom stereocenters. The van der Waals surface area contributed by atoms with E-state index in [2.05, 4.69) is 16.4 Å². The zero-order valence-electron chi connectivity index (χ0n) is 16.7. The van der Waals surface area contributed by atoms with Gasteiger partial charge >= 0.3 is 0 Å². The Kier molecular flexibility index (Phi) is 8.39. The van der Waals surface area contributed by atoms with Gasteiger partial charge in [0.2, 0.25) is 0 Å². The van der Waals surface area contributed by atoms with Gasteiger partial charge in [-0.2, -0.15) is 5.10 Å². The van der Waals surface area contributed by atoms with E-state index in [4.69, 9.17) is 25.4 Å². The number of carbonyl (C=O) groups is 1. The van der Waals surface area contributed by atoms with Gasteiger partial charge in [0.1, 0.15) is 6.61 Å². The van der Waals surface area contributed by atoms with Crippen molar-refractivity contribution in [1.29, 1.82) is 0 Å². The highest BCUT2D eigenvalue weighted by Gasteiger charge is 2.11. The minimum atomic E-state index is -0.371. The van der Waals surface area contributed by atoms with Crippen LogP contribution in [0, 0.1) is 12.3 Å². The lowest BCUT2D eigenvalue weighted by Gasteiger charge is -2.11. The highest BCUT2D eigenvalue weighted by molar-refractivity contribution is 5.95. The second-order valence-electron chi connectivity index (χ2n) is 5.63. The monoisotopic (exact) mass is 396 g/mol. The summed E-state index contributed by atoms with van der Waals surface area (Å²) in [6.07, 6.45) is 6.73. The van der Waals surface area contributed by atoms with Crippen molar-refractivity contribution in [3.8, 4) is 35.3 Å². The normalized spacial score (nSPS) is 10.3. The topological polar surface area (TPSA) is 78.4 Å². The van der Waals surface area contributed by atoms with E-state index in [9.17, 15) is 4.79 Å². The molecule has 2 aromatic rings. The second kappa shape index (κ2) is 11.2. The number of methoxy groups -OCH3 is 1. The predicted molar refractivity (Wildman–Crippen MR) is 111 cm³/mol. The van der Waals surface area contributed by atoms with Gasteiger partial charge in [0, 0.05) is 5.56 Å². The van der Waals surface area contributed by atoms with Gasteiger partial charge in [-0.05, 0) is 55.8 Å². The zero-order chi connectivity index (χ0) is 21.1. The molecule has 0 spiro atoms. The van der Waals surface area contributed by atoms with Crippen molar-refractivity contribution < 1.29 is 23.7 Å². The van der Waals surface area contributed by atoms with Crippen molar-refractivity contribution in [3.63, 3.8) is 0 Å². The van der Waals surface area contributed by atoms with Gasteiger partial charge < -0.3 is 18.9 Å². The predicted octanol–water partition coefficient (Wildman–Crippen LogP) is 3.27. The Labute approximate surface area is 170 Å². The number of amides is 1. The maximum atomic E-state index is 12.3. The molecule has 29 heavy (non-hydrogen) atoms. The number of hydrogen-bond donors (Lipinski definition) is 1. The van der Waals surface area contributed by atoms with Crippen molar-refractivity contribution in [1.82, 2.24) is 5.43 Å². The first-order valence-electron chi connectivity index (χ1n) is 9.10. The number of rotatable bonds is 10. The minimum Gasteiger partial charge on any atom is -0.493 e. The van der Waals surface area contributed by atoms with Crippen LogP contribution in [-0.2, 0) is 0 Å². The summed E-state index contributed by atoms with van der Waals surface area (Å²) in [5.41, 5.74) is 3.62. The molecule has 0 atom stereocenters. The molecule has 152 valence electrons. The lowest BCUT2D eigenvalue weighted by molar-refractivity contribution is 0.0954. The van der Waals surface area contributed by atoms with Gasteiger partial charge in [-0.1, -0.05) is 5.92 Å². The molecule has 1 N–H and O–H groups in total. The molecule has 0 aliphatic carbocycles. The number of nitrogens with one attached hydrogen (secondary N) is 1. The summed E-state index contributed by atoms with van der Waals surface area (Å²) in [7, 11) is 1.54. The Morgan fingerprint density at radius 3 is 2.38 bits per heavy atom. The Balaban J connectivity index is 2.09. The van der Waals surface area contributed by atoms with E-state index in [0.29, 0.717) is 41.8 Å². The van der Waals surface area contributed by atoms with Crippen LogP contribution in [0.1, 0.15) is 29.8 Å². The van der Waals surface area contributed by atoms with E-state index in [1.54, 1.807) is 43.5 Å². The molecule has 0 saturated heterocycles. The Bertz CT molecular complexity index is 903. The Morgan fingerprint density at radius 2 is 1.72 bits per heavy atom. The van der Waals surface area contributed by atoms with Gasteiger partial charge in [-0.15, -0.1) is 6.42 Å². The van der Waals surface area contributed by atoms with Gasteiger partial charge in [-0.3, -0.25) is 4.79 Å². The summed E-state index contributed by atoms with van der Waals surface area (Å²) in [5.74, 6) is 4.19. The van der Waals surface area contributed by atoms with Crippen molar-refractivity contribution >= 4 is 12.1 Å². The number of hydrogen-bond acceptors (Lipinski definition) is 6. The first kappa shape index (κ1) is 21.6. The number of terminal acetylenes is 1. The zero-order valence-corrected chi connectivity index (χ0v) is 16.7. The maximum absolute atomic E-state index is 12.3. The summed E-state index contributed by atoms with van der Waals surface area (Å²) in [6, 6.07) is 10.2. The SMILES string of the molecule is C#CCOc1ccc(/C=N/NC(=O)c2ccc(OC)c(OCC)c2)cc1OCC. The summed E-state index contributed by atoms with van der Waals surface area (Å²) in [5, 5.41) is 4.00. The third-order valence-corrected chi connectivity index (χ3v) is 3.68. The first-order valence-corrected chi connectivity index (χ1v) is 9.10. The minimum absolute atomic E-state index is 0.148. The standard InChI is InChI=1S/C22H24N2O5/c1-5-12-29-19-10-8-16(13-20(19)27-6-2)15-23-24-22(25)17-9-11-18(26-4)21(14-17)28-7-3/h1,8-11,13-15H,6-7,12H2,2-4H3,(H,24,25)/b23-15+. The van der Waals surface area contributed by atoms with Gasteiger partial charge in [0.25, 0.3) is 5.91 Å². The van der Waals surface area contributed by atoms with Crippen LogP contribution >= 0.6 is 0 Å². The largest absolute Gasteiger partial charge is 0.493 e. The highest BCUT2D eigenvalue weighted by Crippen LogP contribution is 2.29. The quantitative estimate of drug-likeness (QED) is 0.379. The van der Waals surface area contributed by atoms with E-state index in [1.165, 1.54) is 6.21 Å². The van der Waals surface area contributed by atoms with Gasteiger partial charge in [0.15, 0.2) is 23.0 Å². The molecular formula is C22H24N2O5. The lowest BCUT2D eigenvalue weighted by Crippen LogP contribution is -2.17. The Morgan fingerprint density at radius 1 is 1.03 bits per heavy atom. The van der Waals surface area contributed by atoms with Gasteiger partial charge in [-0.25, -0.2) is 5.43 Å². The van der Waals surface area contributed by atoms with E-state index >= 15 is 0 Å². The fourth-order valence-corrected chi connectivity index (χ4v) is 2.43. The molecule has 0 bridgehead atoms. The number of nitrogens with zero attached hydrogens (tertiary/aromatic N) is 1. The average Bonchev–Trinajstić information content (AvgIpc) is 2.73. The number of benzene rings is 2. The van der Waals surface area contributed by atoms with E-state index in [-0.39, 0.29) is 12.5 Å². The van der Waals surface area contributed by atoms with Crippen LogP contribution in [0.4, 0.5) is 0 Å². The molecule has 7 nitrogen and oxygen atoms in total. The fourth-order valence-electron chi connectivity index (χ4n) is 2.43. The van der Waals surface area contributed by atoms with Crippen molar-refractivity contribution in [2.24, 2.45) is 5.10 Å². The molecule has 1 amide bonds. The molecule has 0 fully saturated rings. The molecule has 2 aromatic carbocycles. The maximum Gasteiger partial charge on any atom is 0.271 e. The third-order valence-electron chi connectivity index (χ3n) is 3.68. The molecule has 7 heteroatoms. The summed E-state index contributed by atoms with van der Waals surface area (Å²) in [4.78, 5) is 12.3. The van der Waals surface area contributed by atoms with Crippen molar-refractivity contribution in [2.75, 3.05) is 26.9 Å². The number of hydrazone groups is 1. The molecule has 0 saturated carbocycles. The highest BCUT2D eigenvalue weighted by atomic mass is 16.5. The molecule has 0 aromatic heterocycles. The van der Waals surface area contributed by atoms with Crippen LogP contribution < -0.4 is 24.4 Å². The Hall–Kier alpha value is -3.66. The number of carbonyl (C=O) groups excluding carboxylic acids is 1. The summed E-state index contributed by atoms with van der Waals surface area (Å²) in [6.45, 7) is 4.81. The molecule has 0 aliphatic heterocycles. The molecular weight excluding hydrogens is 372 g/mol. The third kappa shape index (κ3) is 6.18. The summed E-state index contributed by atoms with van der Waals surface area (Å²) < 4.78 is 21.7. The number of ether oxygens (including phenoxy) is 4. The average molecular weight is 396 g/mol. The fraction of sp³-hybridized carbons (Fsp3) is 0.273. The van der Waals surface area contributed by atoms with Crippen LogP contribution in [0.5, 0.6) is 23.0 Å². The van der Waals surface area contributed by atoms with Crippen LogP contribution in [-0.4, -0.2) is 39.1 Å². The van der Waals surface area contributed by atoms with Crippen LogP contribution in [0.15, 0.2) is 41.5 Å². The first-order chi connectivity index (χ1) is 14.1. The lowest BCUT2D eigenvalue weighted by atomic mass is 10.2. The van der Waals surface area contributed by atoms with E-state index in [0.717, 1.165) is 5.56 Å². The second-order valence-corrected chi connectivity index (χ2v) is 5.63. The molecule has 0 aliphatic rings. The van der Waals surface area contributed by atoms with Crippen molar-refractivity contribution in [3.05, 3.63) is 47.5 Å². The molecule has 0 heterocycles. The van der Waals surface area contributed by atoms with Crippen LogP contribution in [0.3, 0.4) is 0 Å². The van der Waals surface area contributed by atoms with Crippen LogP contribution in [0.25, 0.3) is 0 Å². The van der Waals surface area contributed by atoms with E-state index < -0.39 is 0 Å². The summed E-state index contributed by atoms with van der Waals surface area (Å²) >= 11 is 0. The van der Waals surface area contributed by atoms with Crippen LogP contribution in [0.2, 0.25) is 0 Å². The smallest absolute Gasteiger partial charge is 0.271 e. The van der Waals surface area contributed by atoms with E-state index in [1.807, 2.05) is 13.8 Å². The molecule has 0 radical (unpaired) electrons. The molecule has 2 rings (SSSR count). The van der Waals surface area contributed by atoms with Gasteiger partial charge in [0.05, 0.1) is 26.5 Å². The van der Waals surface area contributed by atoms with Crippen molar-refractivity contribution in [2.45, 2.75) is 13.8 Å².